The Morgan fingerprint density at radius 2 is 2.06 bits per heavy atom. The minimum Gasteiger partial charge on any atom is -0.503 e. The number of halogens is 1. The topological polar surface area (TPSA) is 35.5 Å². The third-order valence-electron chi connectivity index (χ3n) is 2.12. The van der Waals surface area contributed by atoms with Crippen LogP contribution in [-0.2, 0) is 14.3 Å². The number of ether oxygens (including phenoxy) is 2. The molecular formula is C12H13BrO3. The molecule has 1 rings (SSSR count). The molecule has 0 fully saturated rings. The van der Waals surface area contributed by atoms with Gasteiger partial charge in [-0.2, -0.15) is 0 Å². The summed E-state index contributed by atoms with van der Waals surface area (Å²) in [5.74, 6) is -0.423. The Bertz CT molecular complexity index is 424. The molecule has 0 saturated carbocycles. The van der Waals surface area contributed by atoms with Crippen LogP contribution in [0.25, 0.3) is 5.57 Å². The molecule has 0 aliphatic rings. The van der Waals surface area contributed by atoms with Crippen molar-refractivity contribution in [2.45, 2.75) is 6.92 Å². The number of rotatable bonds is 3. The number of aryl methyl sites for hydroxylation is 1. The summed E-state index contributed by atoms with van der Waals surface area (Å²) < 4.78 is 10.5. The fourth-order valence-corrected chi connectivity index (χ4v) is 1.78. The summed E-state index contributed by atoms with van der Waals surface area (Å²) in [5.41, 5.74) is 2.19. The van der Waals surface area contributed by atoms with E-state index in [0.29, 0.717) is 5.57 Å². The van der Waals surface area contributed by atoms with E-state index in [2.05, 4.69) is 15.9 Å². The van der Waals surface area contributed by atoms with E-state index in [1.807, 2.05) is 25.1 Å². The summed E-state index contributed by atoms with van der Waals surface area (Å²) in [6.45, 7) is 1.95. The molecule has 1 aromatic rings. The highest BCUT2D eigenvalue weighted by Crippen LogP contribution is 2.28. The number of carbonyl (C=O) groups excluding carboxylic acids is 1. The SMILES string of the molecule is CO/C=C(/C(=O)OC)c1cccc(C)c1Br. The second-order valence-electron chi connectivity index (χ2n) is 3.20. The molecule has 3 nitrogen and oxygen atoms in total. The van der Waals surface area contributed by atoms with E-state index >= 15 is 0 Å². The molecule has 86 valence electrons. The largest absolute Gasteiger partial charge is 0.503 e. The molecular weight excluding hydrogens is 272 g/mol. The Morgan fingerprint density at radius 1 is 1.38 bits per heavy atom. The quantitative estimate of drug-likeness (QED) is 0.486. The van der Waals surface area contributed by atoms with E-state index in [4.69, 9.17) is 9.47 Å². The first kappa shape index (κ1) is 12.8. The Morgan fingerprint density at radius 3 is 2.62 bits per heavy atom. The van der Waals surface area contributed by atoms with Crippen molar-refractivity contribution < 1.29 is 14.3 Å². The Hall–Kier alpha value is -1.29. The fraction of sp³-hybridized carbons (Fsp3) is 0.250. The average molecular weight is 285 g/mol. The molecule has 0 amide bonds. The number of benzene rings is 1. The van der Waals surface area contributed by atoms with Crippen molar-refractivity contribution in [3.05, 3.63) is 40.1 Å². The predicted octanol–water partition coefficient (Wildman–Crippen LogP) is 2.92. The number of carbonyl (C=O) groups is 1. The minimum atomic E-state index is -0.423. The van der Waals surface area contributed by atoms with E-state index in [1.54, 1.807) is 0 Å². The maximum absolute atomic E-state index is 11.6. The zero-order valence-electron chi connectivity index (χ0n) is 9.41. The highest BCUT2D eigenvalue weighted by atomic mass is 79.9. The van der Waals surface area contributed by atoms with Gasteiger partial charge in [0.05, 0.1) is 20.5 Å². The molecule has 0 aromatic heterocycles. The van der Waals surface area contributed by atoms with Gasteiger partial charge in [-0.15, -0.1) is 0 Å². The van der Waals surface area contributed by atoms with Crippen LogP contribution >= 0.6 is 15.9 Å². The lowest BCUT2D eigenvalue weighted by Gasteiger charge is -2.09. The highest BCUT2D eigenvalue weighted by molar-refractivity contribution is 9.10. The maximum atomic E-state index is 11.6. The van der Waals surface area contributed by atoms with Crippen LogP contribution in [-0.4, -0.2) is 20.2 Å². The lowest BCUT2D eigenvalue weighted by Crippen LogP contribution is -2.05. The van der Waals surface area contributed by atoms with Gasteiger partial charge in [-0.25, -0.2) is 4.79 Å². The molecule has 0 radical (unpaired) electrons. The van der Waals surface area contributed by atoms with Crippen LogP contribution < -0.4 is 0 Å². The first-order valence-corrected chi connectivity index (χ1v) is 5.48. The summed E-state index contributed by atoms with van der Waals surface area (Å²) in [6, 6.07) is 5.66. The number of hydrogen-bond acceptors (Lipinski definition) is 3. The van der Waals surface area contributed by atoms with Crippen molar-refractivity contribution in [3.8, 4) is 0 Å². The van der Waals surface area contributed by atoms with E-state index in [-0.39, 0.29) is 0 Å². The summed E-state index contributed by atoms with van der Waals surface area (Å²) in [5, 5.41) is 0. The van der Waals surface area contributed by atoms with E-state index < -0.39 is 5.97 Å². The third kappa shape index (κ3) is 2.64. The molecule has 0 saturated heterocycles. The van der Waals surface area contributed by atoms with Crippen molar-refractivity contribution in [3.63, 3.8) is 0 Å². The number of esters is 1. The molecule has 4 heteroatoms. The number of hydrogen-bond donors (Lipinski definition) is 0. The summed E-state index contributed by atoms with van der Waals surface area (Å²) in [6.07, 6.45) is 1.38. The minimum absolute atomic E-state index is 0.389. The van der Waals surface area contributed by atoms with Crippen molar-refractivity contribution in [2.24, 2.45) is 0 Å². The van der Waals surface area contributed by atoms with E-state index in [9.17, 15) is 4.79 Å². The van der Waals surface area contributed by atoms with Gasteiger partial charge in [0.15, 0.2) is 0 Å². The third-order valence-corrected chi connectivity index (χ3v) is 3.18. The summed E-state index contributed by atoms with van der Waals surface area (Å²) >= 11 is 3.44. The Kier molecular flexibility index (Phi) is 4.55. The molecule has 0 aliphatic heterocycles. The Labute approximate surface area is 103 Å². The second-order valence-corrected chi connectivity index (χ2v) is 3.99. The van der Waals surface area contributed by atoms with E-state index in [0.717, 1.165) is 15.6 Å². The monoisotopic (exact) mass is 284 g/mol. The van der Waals surface area contributed by atoms with Gasteiger partial charge in [-0.3, -0.25) is 0 Å². The van der Waals surface area contributed by atoms with Crippen LogP contribution in [0.4, 0.5) is 0 Å². The zero-order chi connectivity index (χ0) is 12.1. The van der Waals surface area contributed by atoms with Gasteiger partial charge in [-0.05, 0) is 28.4 Å². The smallest absolute Gasteiger partial charge is 0.341 e. The maximum Gasteiger partial charge on any atom is 0.341 e. The van der Waals surface area contributed by atoms with Crippen molar-refractivity contribution in [2.75, 3.05) is 14.2 Å². The lowest BCUT2D eigenvalue weighted by atomic mass is 10.0. The molecule has 1 aromatic carbocycles. The van der Waals surface area contributed by atoms with Gasteiger partial charge in [0, 0.05) is 10.0 Å². The van der Waals surface area contributed by atoms with Gasteiger partial charge in [0.2, 0.25) is 0 Å². The summed E-state index contributed by atoms with van der Waals surface area (Å²) in [7, 11) is 2.84. The predicted molar refractivity (Wildman–Crippen MR) is 65.9 cm³/mol. The van der Waals surface area contributed by atoms with Gasteiger partial charge in [0.25, 0.3) is 0 Å². The van der Waals surface area contributed by atoms with Crippen LogP contribution in [0.3, 0.4) is 0 Å². The van der Waals surface area contributed by atoms with Crippen LogP contribution in [0.1, 0.15) is 11.1 Å². The summed E-state index contributed by atoms with van der Waals surface area (Å²) in [4.78, 5) is 11.6. The normalized spacial score (nSPS) is 11.1. The molecule has 0 atom stereocenters. The first-order chi connectivity index (χ1) is 7.61. The highest BCUT2D eigenvalue weighted by Gasteiger charge is 2.16. The van der Waals surface area contributed by atoms with Crippen molar-refractivity contribution in [1.29, 1.82) is 0 Å². The van der Waals surface area contributed by atoms with E-state index in [1.165, 1.54) is 20.5 Å². The molecule has 0 aliphatic carbocycles. The molecule has 0 heterocycles. The van der Waals surface area contributed by atoms with Crippen LogP contribution in [0, 0.1) is 6.92 Å². The van der Waals surface area contributed by atoms with Gasteiger partial charge < -0.3 is 9.47 Å². The average Bonchev–Trinajstić information content (AvgIpc) is 2.29. The zero-order valence-corrected chi connectivity index (χ0v) is 11.0. The fourth-order valence-electron chi connectivity index (χ4n) is 1.30. The lowest BCUT2D eigenvalue weighted by molar-refractivity contribution is -0.133. The second kappa shape index (κ2) is 5.70. The van der Waals surface area contributed by atoms with Crippen LogP contribution in [0.15, 0.2) is 28.9 Å². The molecule has 16 heavy (non-hydrogen) atoms. The van der Waals surface area contributed by atoms with Gasteiger partial charge in [-0.1, -0.05) is 18.2 Å². The van der Waals surface area contributed by atoms with Crippen molar-refractivity contribution >= 4 is 27.5 Å². The molecule has 0 bridgehead atoms. The first-order valence-electron chi connectivity index (χ1n) is 4.68. The molecule has 0 spiro atoms. The van der Waals surface area contributed by atoms with Gasteiger partial charge in [0.1, 0.15) is 5.57 Å². The number of methoxy groups -OCH3 is 2. The van der Waals surface area contributed by atoms with Crippen LogP contribution in [0.2, 0.25) is 0 Å². The Balaban J connectivity index is 3.27. The van der Waals surface area contributed by atoms with Crippen LogP contribution in [0.5, 0.6) is 0 Å². The standard InChI is InChI=1S/C12H13BrO3/c1-8-5-4-6-9(11(8)13)10(7-15-2)12(14)16-3/h4-7H,1-3H3/b10-7+. The molecule has 0 unspecified atom stereocenters. The van der Waals surface area contributed by atoms with Crippen molar-refractivity contribution in [1.82, 2.24) is 0 Å². The van der Waals surface area contributed by atoms with Gasteiger partial charge >= 0.3 is 5.97 Å². The molecule has 0 N–H and O–H groups in total.